The number of allylic oxidation sites excluding steroid dienone is 2. The predicted octanol–water partition coefficient (Wildman–Crippen LogP) is 2.16. The number of rotatable bonds is 19. The maximum Gasteiger partial charge on any atom is 1.00 e. The number of unbranched alkanes of at least 4 members (excludes halogenated alkanes) is 12. The molecular weight excluding hydrogens is 357 g/mol. The summed E-state index contributed by atoms with van der Waals surface area (Å²) in [6.07, 6.45) is 22.7. The van der Waals surface area contributed by atoms with Crippen LogP contribution in [0.3, 0.4) is 0 Å². The van der Waals surface area contributed by atoms with Gasteiger partial charge in [-0.2, -0.15) is 0 Å². The van der Waals surface area contributed by atoms with Gasteiger partial charge in [-0.3, -0.25) is 0 Å². The largest absolute Gasteiger partial charge is 1.00 e. The summed E-state index contributed by atoms with van der Waals surface area (Å²) < 4.78 is 31.2. The van der Waals surface area contributed by atoms with Crippen molar-refractivity contribution in [3.63, 3.8) is 0 Å². The van der Waals surface area contributed by atoms with Crippen molar-refractivity contribution in [1.29, 1.82) is 0 Å². The topological polar surface area (TPSA) is 69.2 Å². The van der Waals surface area contributed by atoms with Gasteiger partial charge in [0, 0.05) is 6.54 Å². The van der Waals surface area contributed by atoms with Crippen molar-refractivity contribution in [3.05, 3.63) is 12.2 Å². The number of nitrogens with one attached hydrogen (secondary N) is 1. The molecule has 0 aliphatic carbocycles. The molecule has 6 heteroatoms. The van der Waals surface area contributed by atoms with E-state index in [0.717, 1.165) is 13.0 Å². The van der Waals surface area contributed by atoms with Crippen molar-refractivity contribution < 1.29 is 42.5 Å². The second kappa shape index (κ2) is 21.9. The van der Waals surface area contributed by atoms with Crippen molar-refractivity contribution in [2.45, 2.75) is 96.8 Å². The predicted molar refractivity (Wildman–Crippen MR) is 107 cm³/mol. The average Bonchev–Trinajstić information content (AvgIpc) is 2.56. The molecule has 0 bridgehead atoms. The van der Waals surface area contributed by atoms with Gasteiger partial charge in [0.1, 0.15) is 0 Å². The van der Waals surface area contributed by atoms with Gasteiger partial charge in [0.2, 0.25) is 0 Å². The molecule has 0 atom stereocenters. The Balaban J connectivity index is 0. The molecule has 0 unspecified atom stereocenters. The van der Waals surface area contributed by atoms with Crippen molar-refractivity contribution >= 4 is 10.1 Å². The summed E-state index contributed by atoms with van der Waals surface area (Å²) in [6.45, 7) is 3.34. The van der Waals surface area contributed by atoms with Crippen LogP contribution in [0, 0.1) is 0 Å². The van der Waals surface area contributed by atoms with E-state index in [1.165, 1.54) is 83.5 Å². The molecule has 0 heterocycles. The molecule has 0 amide bonds. The van der Waals surface area contributed by atoms with E-state index >= 15 is 0 Å². The van der Waals surface area contributed by atoms with Gasteiger partial charge >= 0.3 is 29.6 Å². The van der Waals surface area contributed by atoms with Crippen LogP contribution in [0.15, 0.2) is 12.2 Å². The zero-order chi connectivity index (χ0) is 18.6. The zero-order valence-electron chi connectivity index (χ0n) is 17.3. The van der Waals surface area contributed by atoms with Gasteiger partial charge in [0.15, 0.2) is 0 Å². The van der Waals surface area contributed by atoms with Crippen molar-refractivity contribution in [2.75, 3.05) is 18.8 Å². The molecule has 4 nitrogen and oxygen atoms in total. The van der Waals surface area contributed by atoms with Gasteiger partial charge in [-0.05, 0) is 38.6 Å². The molecule has 0 fully saturated rings. The fraction of sp³-hybridized carbons (Fsp3) is 0.900. The van der Waals surface area contributed by atoms with E-state index in [0.29, 0.717) is 0 Å². The minimum Gasteiger partial charge on any atom is -0.748 e. The Labute approximate surface area is 185 Å². The van der Waals surface area contributed by atoms with E-state index in [1.807, 2.05) is 0 Å². The number of hydrogen-bond acceptors (Lipinski definition) is 4. The Kier molecular flexibility index (Phi) is 24.3. The third-order valence-corrected chi connectivity index (χ3v) is 5.10. The van der Waals surface area contributed by atoms with Crippen LogP contribution in [0.1, 0.15) is 96.8 Å². The SMILES string of the molecule is CCCCCCCC/C=C\CCCCCCCCNCCS(=O)(=O)[O-].[Na+]. The third kappa shape index (κ3) is 26.8. The molecule has 0 radical (unpaired) electrons. The summed E-state index contributed by atoms with van der Waals surface area (Å²) in [6, 6.07) is 0. The molecule has 0 aliphatic heterocycles. The van der Waals surface area contributed by atoms with E-state index in [-0.39, 0.29) is 41.9 Å². The van der Waals surface area contributed by atoms with E-state index in [2.05, 4.69) is 24.4 Å². The molecule has 0 rings (SSSR count). The normalized spacial score (nSPS) is 11.8. The summed E-state index contributed by atoms with van der Waals surface area (Å²) in [5, 5.41) is 3.00. The molecule has 0 spiro atoms. The van der Waals surface area contributed by atoms with Gasteiger partial charge in [-0.25, -0.2) is 8.42 Å². The first-order valence-corrected chi connectivity index (χ1v) is 11.9. The van der Waals surface area contributed by atoms with Crippen LogP contribution in [0.4, 0.5) is 0 Å². The molecule has 0 saturated carbocycles. The molecule has 0 aliphatic rings. The summed E-state index contributed by atoms with van der Waals surface area (Å²) >= 11 is 0. The summed E-state index contributed by atoms with van der Waals surface area (Å²) in [5.41, 5.74) is 0. The average molecular weight is 398 g/mol. The summed E-state index contributed by atoms with van der Waals surface area (Å²) in [5.74, 6) is -0.306. The first-order valence-electron chi connectivity index (χ1n) is 10.4. The van der Waals surface area contributed by atoms with Gasteiger partial charge in [0.05, 0.1) is 15.9 Å². The van der Waals surface area contributed by atoms with Crippen LogP contribution in [0.5, 0.6) is 0 Å². The van der Waals surface area contributed by atoms with E-state index < -0.39 is 10.1 Å². The smallest absolute Gasteiger partial charge is 0.748 e. The van der Waals surface area contributed by atoms with Crippen LogP contribution in [-0.4, -0.2) is 31.8 Å². The fourth-order valence-electron chi connectivity index (χ4n) is 2.82. The maximum absolute atomic E-state index is 10.4. The summed E-state index contributed by atoms with van der Waals surface area (Å²) in [7, 11) is -4.07. The van der Waals surface area contributed by atoms with Gasteiger partial charge in [0.25, 0.3) is 0 Å². The molecule has 150 valence electrons. The van der Waals surface area contributed by atoms with Gasteiger partial charge < -0.3 is 9.87 Å². The van der Waals surface area contributed by atoms with Crippen LogP contribution >= 0.6 is 0 Å². The Morgan fingerprint density at radius 3 is 1.69 bits per heavy atom. The maximum atomic E-state index is 10.4. The molecule has 26 heavy (non-hydrogen) atoms. The number of hydrogen-bond donors (Lipinski definition) is 1. The molecule has 0 aromatic heterocycles. The minimum atomic E-state index is -4.07. The fourth-order valence-corrected chi connectivity index (χ4v) is 3.21. The molecule has 0 aromatic rings. The van der Waals surface area contributed by atoms with Crippen molar-refractivity contribution in [1.82, 2.24) is 5.32 Å². The molecular formula is C20H40NNaO3S. The first kappa shape index (κ1) is 28.8. The molecule has 1 N–H and O–H groups in total. The van der Waals surface area contributed by atoms with E-state index in [9.17, 15) is 13.0 Å². The van der Waals surface area contributed by atoms with Crippen LogP contribution < -0.4 is 34.9 Å². The van der Waals surface area contributed by atoms with Crippen LogP contribution in [0.2, 0.25) is 0 Å². The molecule has 0 aromatic carbocycles. The Hall–Kier alpha value is 0.610. The molecule has 0 saturated heterocycles. The van der Waals surface area contributed by atoms with Gasteiger partial charge in [-0.15, -0.1) is 0 Å². The Morgan fingerprint density at radius 2 is 1.19 bits per heavy atom. The van der Waals surface area contributed by atoms with Crippen LogP contribution in [-0.2, 0) is 10.1 Å². The second-order valence-electron chi connectivity index (χ2n) is 6.95. The minimum absolute atomic E-state index is 0. The third-order valence-electron chi connectivity index (χ3n) is 4.39. The van der Waals surface area contributed by atoms with Gasteiger partial charge in [-0.1, -0.05) is 76.9 Å². The standard InChI is InChI=1S/C20H41NO3S.Na/c1-2-3-4-5-6-7-8-9-10-11-12-13-14-15-16-17-18-21-19-20-25(22,23)24;/h9-10,21H,2-8,11-20H2,1H3,(H,22,23,24);/q;+1/p-1/b10-9-;. The van der Waals surface area contributed by atoms with E-state index in [1.54, 1.807) is 0 Å². The van der Waals surface area contributed by atoms with Crippen LogP contribution in [0.25, 0.3) is 0 Å². The second-order valence-corrected chi connectivity index (χ2v) is 8.47. The summed E-state index contributed by atoms with van der Waals surface area (Å²) in [4.78, 5) is 0. The monoisotopic (exact) mass is 397 g/mol. The zero-order valence-corrected chi connectivity index (χ0v) is 20.1. The first-order chi connectivity index (χ1) is 12.1. The quantitative estimate of drug-likeness (QED) is 0.157. The van der Waals surface area contributed by atoms with Crippen molar-refractivity contribution in [3.8, 4) is 0 Å². The van der Waals surface area contributed by atoms with E-state index in [4.69, 9.17) is 0 Å². The van der Waals surface area contributed by atoms with Crippen molar-refractivity contribution in [2.24, 2.45) is 0 Å². The Morgan fingerprint density at radius 1 is 0.731 bits per heavy atom. The Bertz CT molecular complexity index is 400.